The van der Waals surface area contributed by atoms with E-state index < -0.39 is 0 Å². The molecule has 5 rings (SSSR count). The molecule has 1 heterocycles. The number of fused-ring (bicyclic) bond motifs is 3. The topological polar surface area (TPSA) is 17.0 Å². The van der Waals surface area contributed by atoms with Gasteiger partial charge in [0.05, 0.1) is 11.0 Å². The van der Waals surface area contributed by atoms with E-state index in [1.165, 1.54) is 33.1 Å². The molecule has 130 valence electrons. The van der Waals surface area contributed by atoms with Crippen molar-refractivity contribution >= 4 is 33.2 Å². The molecule has 0 aliphatic carbocycles. The lowest BCUT2D eigenvalue weighted by Crippen LogP contribution is -1.95. The van der Waals surface area contributed by atoms with Crippen molar-refractivity contribution in [3.8, 4) is 5.69 Å². The van der Waals surface area contributed by atoms with E-state index in [4.69, 9.17) is 0 Å². The van der Waals surface area contributed by atoms with Gasteiger partial charge < -0.3 is 9.88 Å². The Morgan fingerprint density at radius 3 is 1.85 bits per heavy atom. The molecule has 0 unspecified atom stereocenters. The van der Waals surface area contributed by atoms with Crippen LogP contribution in [0, 0.1) is 6.92 Å². The molecule has 0 amide bonds. The maximum atomic E-state index is 3.48. The second-order valence-corrected chi connectivity index (χ2v) is 6.91. The predicted molar refractivity (Wildman–Crippen MR) is 115 cm³/mol. The highest BCUT2D eigenvalue weighted by molar-refractivity contribution is 6.09. The number of nitrogens with zero attached hydrogens (tertiary/aromatic N) is 1. The molecule has 27 heavy (non-hydrogen) atoms. The molecule has 2 nitrogen and oxygen atoms in total. The third-order valence-electron chi connectivity index (χ3n) is 5.01. The van der Waals surface area contributed by atoms with Gasteiger partial charge in [0.25, 0.3) is 0 Å². The Hall–Kier alpha value is -3.52. The average Bonchev–Trinajstić information content (AvgIpc) is 3.03. The van der Waals surface area contributed by atoms with Crippen LogP contribution in [-0.2, 0) is 0 Å². The largest absolute Gasteiger partial charge is 0.356 e. The summed E-state index contributed by atoms with van der Waals surface area (Å²) in [5, 5.41) is 6.06. The molecule has 2 heteroatoms. The monoisotopic (exact) mass is 348 g/mol. The highest BCUT2D eigenvalue weighted by Gasteiger charge is 2.10. The standard InChI is InChI=1S/C25H20N2/c1-18-7-6-8-20(17-18)26-19-13-15-21(16-14-19)27-24-11-4-2-9-22(24)23-10-3-5-12-25(23)27/h2-17,26H,1H3. The third-order valence-corrected chi connectivity index (χ3v) is 5.01. The summed E-state index contributed by atoms with van der Waals surface area (Å²) < 4.78 is 2.33. The molecule has 0 atom stereocenters. The minimum Gasteiger partial charge on any atom is -0.356 e. The first-order valence-corrected chi connectivity index (χ1v) is 9.22. The van der Waals surface area contributed by atoms with Gasteiger partial charge in [0, 0.05) is 27.8 Å². The molecule has 1 N–H and O–H groups in total. The summed E-state index contributed by atoms with van der Waals surface area (Å²) in [5.41, 5.74) is 7.09. The van der Waals surface area contributed by atoms with Crippen LogP contribution in [-0.4, -0.2) is 4.57 Å². The van der Waals surface area contributed by atoms with Gasteiger partial charge in [0.15, 0.2) is 0 Å². The van der Waals surface area contributed by atoms with Crippen LogP contribution in [0.3, 0.4) is 0 Å². The molecule has 0 saturated carbocycles. The number of hydrogen-bond donors (Lipinski definition) is 1. The quantitative estimate of drug-likeness (QED) is 0.378. The number of nitrogens with one attached hydrogen (secondary N) is 1. The first-order chi connectivity index (χ1) is 13.3. The molecule has 0 aliphatic heterocycles. The van der Waals surface area contributed by atoms with Crippen molar-refractivity contribution in [2.45, 2.75) is 6.92 Å². The molecular weight excluding hydrogens is 328 g/mol. The Morgan fingerprint density at radius 1 is 0.593 bits per heavy atom. The van der Waals surface area contributed by atoms with Gasteiger partial charge in [-0.3, -0.25) is 0 Å². The number of hydrogen-bond acceptors (Lipinski definition) is 1. The summed E-state index contributed by atoms with van der Waals surface area (Å²) in [6.07, 6.45) is 0. The van der Waals surface area contributed by atoms with E-state index in [2.05, 4.69) is 114 Å². The zero-order chi connectivity index (χ0) is 18.2. The van der Waals surface area contributed by atoms with Crippen molar-refractivity contribution in [3.63, 3.8) is 0 Å². The van der Waals surface area contributed by atoms with Crippen LogP contribution in [0.4, 0.5) is 11.4 Å². The van der Waals surface area contributed by atoms with Crippen molar-refractivity contribution in [1.82, 2.24) is 4.57 Å². The third kappa shape index (κ3) is 2.76. The van der Waals surface area contributed by atoms with E-state index in [0.29, 0.717) is 0 Å². The zero-order valence-corrected chi connectivity index (χ0v) is 15.2. The maximum absolute atomic E-state index is 3.48. The van der Waals surface area contributed by atoms with Crippen LogP contribution in [0.1, 0.15) is 5.56 Å². The Kier molecular flexibility index (Phi) is 3.68. The van der Waals surface area contributed by atoms with Gasteiger partial charge in [0.1, 0.15) is 0 Å². The van der Waals surface area contributed by atoms with Gasteiger partial charge >= 0.3 is 0 Å². The van der Waals surface area contributed by atoms with Crippen molar-refractivity contribution in [1.29, 1.82) is 0 Å². The summed E-state index contributed by atoms with van der Waals surface area (Å²) in [6, 6.07) is 34.2. The van der Waals surface area contributed by atoms with Gasteiger partial charge in [-0.05, 0) is 61.0 Å². The van der Waals surface area contributed by atoms with E-state index in [1.54, 1.807) is 0 Å². The second kappa shape index (κ2) is 6.33. The fraction of sp³-hybridized carbons (Fsp3) is 0.0400. The molecule has 0 bridgehead atoms. The minimum atomic E-state index is 1.09. The maximum Gasteiger partial charge on any atom is 0.0541 e. The van der Waals surface area contributed by atoms with Gasteiger partial charge in [0.2, 0.25) is 0 Å². The number of aryl methyl sites for hydroxylation is 1. The molecule has 0 saturated heterocycles. The number of benzene rings is 4. The molecule has 0 fully saturated rings. The fourth-order valence-electron chi connectivity index (χ4n) is 3.78. The van der Waals surface area contributed by atoms with Crippen LogP contribution in [0.5, 0.6) is 0 Å². The minimum absolute atomic E-state index is 1.09. The lowest BCUT2D eigenvalue weighted by Gasteiger charge is -2.11. The van der Waals surface area contributed by atoms with Crippen molar-refractivity contribution in [2.24, 2.45) is 0 Å². The molecule has 5 aromatic rings. The first kappa shape index (κ1) is 15.7. The van der Waals surface area contributed by atoms with Crippen LogP contribution < -0.4 is 5.32 Å². The summed E-state index contributed by atoms with van der Waals surface area (Å²) in [5.74, 6) is 0. The predicted octanol–water partition coefficient (Wildman–Crippen LogP) is 6.84. The lowest BCUT2D eigenvalue weighted by atomic mass is 10.2. The highest BCUT2D eigenvalue weighted by Crippen LogP contribution is 2.32. The Balaban J connectivity index is 1.59. The van der Waals surface area contributed by atoms with Crippen molar-refractivity contribution < 1.29 is 0 Å². The van der Waals surface area contributed by atoms with Crippen LogP contribution in [0.25, 0.3) is 27.5 Å². The molecule has 0 aliphatic rings. The molecule has 0 radical (unpaired) electrons. The Morgan fingerprint density at radius 2 is 1.22 bits per heavy atom. The van der Waals surface area contributed by atoms with Gasteiger partial charge in [-0.25, -0.2) is 0 Å². The summed E-state index contributed by atoms with van der Waals surface area (Å²) >= 11 is 0. The number of para-hydroxylation sites is 2. The Labute approximate surface area is 158 Å². The number of aromatic nitrogens is 1. The second-order valence-electron chi connectivity index (χ2n) is 6.91. The van der Waals surface area contributed by atoms with Crippen LogP contribution in [0.15, 0.2) is 97.1 Å². The molecular formula is C25H20N2. The van der Waals surface area contributed by atoms with E-state index in [1.807, 2.05) is 0 Å². The summed E-state index contributed by atoms with van der Waals surface area (Å²) in [6.45, 7) is 2.11. The van der Waals surface area contributed by atoms with Gasteiger partial charge in [-0.15, -0.1) is 0 Å². The van der Waals surface area contributed by atoms with E-state index >= 15 is 0 Å². The van der Waals surface area contributed by atoms with Crippen LogP contribution >= 0.6 is 0 Å². The fourth-order valence-corrected chi connectivity index (χ4v) is 3.78. The van der Waals surface area contributed by atoms with Gasteiger partial charge in [-0.2, -0.15) is 0 Å². The summed E-state index contributed by atoms with van der Waals surface area (Å²) in [4.78, 5) is 0. The van der Waals surface area contributed by atoms with E-state index in [0.717, 1.165) is 11.4 Å². The molecule has 1 aromatic heterocycles. The smallest absolute Gasteiger partial charge is 0.0541 e. The normalized spacial score (nSPS) is 11.1. The zero-order valence-electron chi connectivity index (χ0n) is 15.2. The van der Waals surface area contributed by atoms with Crippen molar-refractivity contribution in [3.05, 3.63) is 103 Å². The SMILES string of the molecule is Cc1cccc(Nc2ccc(-n3c4ccccc4c4ccccc43)cc2)c1. The first-order valence-electron chi connectivity index (χ1n) is 9.22. The lowest BCUT2D eigenvalue weighted by molar-refractivity contribution is 1.18. The Bertz CT molecular complexity index is 1190. The highest BCUT2D eigenvalue weighted by atomic mass is 15.0. The number of anilines is 2. The van der Waals surface area contributed by atoms with E-state index in [-0.39, 0.29) is 0 Å². The average molecular weight is 348 g/mol. The van der Waals surface area contributed by atoms with Crippen molar-refractivity contribution in [2.75, 3.05) is 5.32 Å². The van der Waals surface area contributed by atoms with E-state index in [9.17, 15) is 0 Å². The summed E-state index contributed by atoms with van der Waals surface area (Å²) in [7, 11) is 0. The van der Waals surface area contributed by atoms with Crippen LogP contribution in [0.2, 0.25) is 0 Å². The molecule has 4 aromatic carbocycles. The van der Waals surface area contributed by atoms with Gasteiger partial charge in [-0.1, -0.05) is 48.5 Å². The molecule has 0 spiro atoms. The number of rotatable bonds is 3.